The Morgan fingerprint density at radius 1 is 1.17 bits per heavy atom. The van der Waals surface area contributed by atoms with Gasteiger partial charge >= 0.3 is 0 Å². The molecular weight excluding hydrogens is 224 g/mol. The lowest BCUT2D eigenvalue weighted by Gasteiger charge is -2.09. The number of hydrogen-bond acceptors (Lipinski definition) is 2. The van der Waals surface area contributed by atoms with Gasteiger partial charge in [0, 0.05) is 12.0 Å². The summed E-state index contributed by atoms with van der Waals surface area (Å²) in [5, 5.41) is 0. The van der Waals surface area contributed by atoms with Gasteiger partial charge in [-0.2, -0.15) is 0 Å². The van der Waals surface area contributed by atoms with E-state index in [1.807, 2.05) is 55.5 Å². The van der Waals surface area contributed by atoms with Gasteiger partial charge in [-0.05, 0) is 24.6 Å². The molecule has 2 nitrogen and oxygen atoms in total. The summed E-state index contributed by atoms with van der Waals surface area (Å²) in [6.07, 6.45) is 0.298. The minimum absolute atomic E-state index is 0.0647. The standard InChI is InChI=1S/C16H14O2/c1-11-5-4-7-13(9-11)16(17)15-10-12-6-2-3-8-14(12)18-15/h2-9,15H,10H2,1H3. The van der Waals surface area contributed by atoms with E-state index in [1.54, 1.807) is 0 Å². The van der Waals surface area contributed by atoms with Gasteiger partial charge in [-0.25, -0.2) is 0 Å². The van der Waals surface area contributed by atoms with E-state index in [0.29, 0.717) is 6.42 Å². The van der Waals surface area contributed by atoms with Crippen molar-refractivity contribution < 1.29 is 9.53 Å². The lowest BCUT2D eigenvalue weighted by molar-refractivity contribution is 0.0824. The molecule has 1 heterocycles. The van der Waals surface area contributed by atoms with E-state index in [4.69, 9.17) is 4.74 Å². The Kier molecular flexibility index (Phi) is 2.63. The normalized spacial score (nSPS) is 17.1. The molecule has 0 N–H and O–H groups in total. The number of Topliss-reactive ketones (excluding diaryl/α,β-unsaturated/α-hetero) is 1. The number of hydrogen-bond donors (Lipinski definition) is 0. The fourth-order valence-corrected chi connectivity index (χ4v) is 2.31. The second-order valence-electron chi connectivity index (χ2n) is 4.65. The predicted molar refractivity (Wildman–Crippen MR) is 70.1 cm³/mol. The molecule has 2 heteroatoms. The molecule has 0 spiro atoms. The van der Waals surface area contributed by atoms with Crippen LogP contribution in [0.1, 0.15) is 21.5 Å². The molecule has 0 saturated heterocycles. The average Bonchev–Trinajstić information content (AvgIpc) is 2.81. The number of fused-ring (bicyclic) bond motifs is 1. The van der Waals surface area contributed by atoms with E-state index >= 15 is 0 Å². The summed E-state index contributed by atoms with van der Waals surface area (Å²) in [4.78, 5) is 12.3. The first-order chi connectivity index (χ1) is 8.74. The van der Waals surface area contributed by atoms with Gasteiger partial charge in [0.25, 0.3) is 0 Å². The van der Waals surface area contributed by atoms with Gasteiger partial charge in [-0.1, -0.05) is 42.0 Å². The van der Waals surface area contributed by atoms with Crippen LogP contribution in [0.3, 0.4) is 0 Å². The highest BCUT2D eigenvalue weighted by Crippen LogP contribution is 2.29. The van der Waals surface area contributed by atoms with Crippen LogP contribution < -0.4 is 4.74 Å². The van der Waals surface area contributed by atoms with Crippen LogP contribution in [0.15, 0.2) is 48.5 Å². The molecule has 1 aliphatic heterocycles. The largest absolute Gasteiger partial charge is 0.482 e. The maximum absolute atomic E-state index is 12.3. The second kappa shape index (κ2) is 4.30. The molecule has 18 heavy (non-hydrogen) atoms. The summed E-state index contributed by atoms with van der Waals surface area (Å²) in [7, 11) is 0. The van der Waals surface area contributed by atoms with Gasteiger partial charge in [-0.3, -0.25) is 4.79 Å². The Labute approximate surface area is 106 Å². The third-order valence-corrected chi connectivity index (χ3v) is 3.24. The number of para-hydroxylation sites is 1. The van der Waals surface area contributed by atoms with Crippen molar-refractivity contribution in [3.8, 4) is 5.75 Å². The number of carbonyl (C=O) groups excluding carboxylic acids is 1. The third kappa shape index (κ3) is 1.90. The minimum Gasteiger partial charge on any atom is -0.482 e. The lowest BCUT2D eigenvalue weighted by Crippen LogP contribution is -2.25. The van der Waals surface area contributed by atoms with Crippen molar-refractivity contribution in [2.24, 2.45) is 0 Å². The maximum Gasteiger partial charge on any atom is 0.203 e. The van der Waals surface area contributed by atoms with E-state index < -0.39 is 0 Å². The van der Waals surface area contributed by atoms with Crippen LogP contribution in [0.5, 0.6) is 5.75 Å². The van der Waals surface area contributed by atoms with Crippen LogP contribution >= 0.6 is 0 Å². The average molecular weight is 238 g/mol. The van der Waals surface area contributed by atoms with Gasteiger partial charge in [0.1, 0.15) is 5.75 Å². The highest BCUT2D eigenvalue weighted by molar-refractivity contribution is 6.00. The van der Waals surface area contributed by atoms with Gasteiger partial charge < -0.3 is 4.74 Å². The van der Waals surface area contributed by atoms with Gasteiger partial charge in [0.05, 0.1) is 0 Å². The summed E-state index contributed by atoms with van der Waals surface area (Å²) in [5.74, 6) is 0.901. The van der Waals surface area contributed by atoms with Crippen molar-refractivity contribution in [1.82, 2.24) is 0 Å². The Hall–Kier alpha value is -2.09. The smallest absolute Gasteiger partial charge is 0.203 e. The summed E-state index contributed by atoms with van der Waals surface area (Å²) >= 11 is 0. The number of carbonyl (C=O) groups is 1. The van der Waals surface area contributed by atoms with E-state index in [1.165, 1.54) is 0 Å². The fourth-order valence-electron chi connectivity index (χ4n) is 2.31. The quantitative estimate of drug-likeness (QED) is 0.751. The summed E-state index contributed by atoms with van der Waals surface area (Å²) in [5.41, 5.74) is 2.94. The Bertz CT molecular complexity index is 577. The molecule has 0 fully saturated rings. The zero-order chi connectivity index (χ0) is 12.5. The first-order valence-electron chi connectivity index (χ1n) is 6.09. The fraction of sp³-hybridized carbons (Fsp3) is 0.188. The zero-order valence-electron chi connectivity index (χ0n) is 10.2. The minimum atomic E-state index is -0.371. The molecule has 2 aromatic carbocycles. The summed E-state index contributed by atoms with van der Waals surface area (Å²) in [6.45, 7) is 1.99. The van der Waals surface area contributed by atoms with Crippen LogP contribution in [-0.4, -0.2) is 11.9 Å². The molecule has 0 radical (unpaired) electrons. The monoisotopic (exact) mass is 238 g/mol. The molecule has 1 unspecified atom stereocenters. The molecule has 0 bridgehead atoms. The molecule has 0 saturated carbocycles. The lowest BCUT2D eigenvalue weighted by atomic mass is 10.0. The van der Waals surface area contributed by atoms with Crippen LogP contribution in [0.25, 0.3) is 0 Å². The second-order valence-corrected chi connectivity index (χ2v) is 4.65. The van der Waals surface area contributed by atoms with Gasteiger partial charge in [0.15, 0.2) is 6.10 Å². The van der Waals surface area contributed by atoms with E-state index in [9.17, 15) is 4.79 Å². The molecule has 3 rings (SSSR count). The zero-order valence-corrected chi connectivity index (χ0v) is 10.2. The van der Waals surface area contributed by atoms with E-state index in [0.717, 1.165) is 22.4 Å². The molecular formula is C16H14O2. The van der Waals surface area contributed by atoms with Crippen molar-refractivity contribution in [3.63, 3.8) is 0 Å². The molecule has 0 amide bonds. The van der Waals surface area contributed by atoms with Gasteiger partial charge in [-0.15, -0.1) is 0 Å². The molecule has 90 valence electrons. The first-order valence-corrected chi connectivity index (χ1v) is 6.09. The van der Waals surface area contributed by atoms with Crippen molar-refractivity contribution in [3.05, 3.63) is 65.2 Å². The Balaban J connectivity index is 1.84. The number of rotatable bonds is 2. The van der Waals surface area contributed by atoms with E-state index in [-0.39, 0.29) is 11.9 Å². The first kappa shape index (κ1) is 11.0. The highest BCUT2D eigenvalue weighted by atomic mass is 16.5. The number of ether oxygens (including phenoxy) is 1. The third-order valence-electron chi connectivity index (χ3n) is 3.24. The Morgan fingerprint density at radius 3 is 2.78 bits per heavy atom. The maximum atomic E-state index is 12.3. The number of benzene rings is 2. The molecule has 1 atom stereocenters. The van der Waals surface area contributed by atoms with Crippen molar-refractivity contribution in [1.29, 1.82) is 0 Å². The highest BCUT2D eigenvalue weighted by Gasteiger charge is 2.29. The summed E-state index contributed by atoms with van der Waals surface area (Å²) < 4.78 is 5.71. The van der Waals surface area contributed by atoms with Crippen LogP contribution in [0, 0.1) is 6.92 Å². The molecule has 0 aliphatic carbocycles. The molecule has 1 aliphatic rings. The van der Waals surface area contributed by atoms with Crippen LogP contribution in [0.4, 0.5) is 0 Å². The van der Waals surface area contributed by atoms with E-state index in [2.05, 4.69) is 0 Å². The predicted octanol–water partition coefficient (Wildman–Crippen LogP) is 3.18. The Morgan fingerprint density at radius 2 is 2.00 bits per heavy atom. The van der Waals surface area contributed by atoms with Crippen LogP contribution in [-0.2, 0) is 6.42 Å². The van der Waals surface area contributed by atoms with Crippen molar-refractivity contribution in [2.45, 2.75) is 19.4 Å². The van der Waals surface area contributed by atoms with Crippen LogP contribution in [0.2, 0.25) is 0 Å². The van der Waals surface area contributed by atoms with Crippen molar-refractivity contribution in [2.75, 3.05) is 0 Å². The number of ketones is 1. The molecule has 0 aromatic heterocycles. The number of aryl methyl sites for hydroxylation is 1. The van der Waals surface area contributed by atoms with Crippen molar-refractivity contribution >= 4 is 5.78 Å². The molecule has 2 aromatic rings. The SMILES string of the molecule is Cc1cccc(C(=O)C2Cc3ccccc3O2)c1. The summed E-state index contributed by atoms with van der Waals surface area (Å²) in [6, 6.07) is 15.5. The topological polar surface area (TPSA) is 26.3 Å². The van der Waals surface area contributed by atoms with Gasteiger partial charge in [0.2, 0.25) is 5.78 Å².